The van der Waals surface area contributed by atoms with Gasteiger partial charge in [0.05, 0.1) is 11.1 Å². The molecule has 3 nitrogen and oxygen atoms in total. The third-order valence-electron chi connectivity index (χ3n) is 4.38. The van der Waals surface area contributed by atoms with Crippen molar-refractivity contribution in [3.63, 3.8) is 0 Å². The molecule has 7 heteroatoms. The molecule has 1 aliphatic carbocycles. The van der Waals surface area contributed by atoms with Crippen LogP contribution in [0.5, 0.6) is 5.75 Å². The first-order chi connectivity index (χ1) is 11.5. The van der Waals surface area contributed by atoms with Gasteiger partial charge in [-0.15, -0.1) is 11.8 Å². The van der Waals surface area contributed by atoms with Crippen molar-refractivity contribution in [2.75, 3.05) is 6.61 Å². The van der Waals surface area contributed by atoms with E-state index in [4.69, 9.17) is 39.5 Å². The SMILES string of the molecule is ON1C(COc2ccc(Cl)cc2Cl)SC2Cc3cc(Cl)ccc3C21. The molecule has 1 saturated heterocycles. The van der Waals surface area contributed by atoms with Crippen molar-refractivity contribution < 1.29 is 9.94 Å². The summed E-state index contributed by atoms with van der Waals surface area (Å²) in [6, 6.07) is 11.0. The molecule has 0 spiro atoms. The Morgan fingerprint density at radius 3 is 2.67 bits per heavy atom. The van der Waals surface area contributed by atoms with Crippen molar-refractivity contribution >= 4 is 46.6 Å². The molecule has 3 unspecified atom stereocenters. The molecule has 2 aromatic carbocycles. The van der Waals surface area contributed by atoms with Crippen LogP contribution in [0.4, 0.5) is 0 Å². The number of rotatable bonds is 3. The van der Waals surface area contributed by atoms with Gasteiger partial charge in [-0.1, -0.05) is 40.9 Å². The summed E-state index contributed by atoms with van der Waals surface area (Å²) in [7, 11) is 0. The third-order valence-corrected chi connectivity index (χ3v) is 6.59. The van der Waals surface area contributed by atoms with Crippen molar-refractivity contribution in [3.05, 3.63) is 62.6 Å². The zero-order valence-electron chi connectivity index (χ0n) is 12.5. The summed E-state index contributed by atoms with van der Waals surface area (Å²) in [4.78, 5) is 0. The first kappa shape index (κ1) is 16.8. The molecule has 24 heavy (non-hydrogen) atoms. The lowest BCUT2D eigenvalue weighted by atomic mass is 10.1. The van der Waals surface area contributed by atoms with Gasteiger partial charge in [0, 0.05) is 15.3 Å². The first-order valence-corrected chi connectivity index (χ1v) is 9.59. The summed E-state index contributed by atoms with van der Waals surface area (Å²) in [5.74, 6) is 0.569. The second-order valence-corrected chi connectivity index (χ2v) is 8.59. The Bertz CT molecular complexity index is 788. The van der Waals surface area contributed by atoms with E-state index in [0.717, 1.165) is 17.0 Å². The van der Waals surface area contributed by atoms with Crippen molar-refractivity contribution in [2.45, 2.75) is 23.1 Å². The van der Waals surface area contributed by atoms with E-state index >= 15 is 0 Å². The van der Waals surface area contributed by atoms with E-state index in [9.17, 15) is 5.21 Å². The predicted octanol–water partition coefficient (Wildman–Crippen LogP) is 5.46. The minimum Gasteiger partial charge on any atom is -0.489 e. The van der Waals surface area contributed by atoms with Crippen molar-refractivity contribution in [3.8, 4) is 5.75 Å². The minimum absolute atomic E-state index is 0.0171. The van der Waals surface area contributed by atoms with Crippen LogP contribution in [0.3, 0.4) is 0 Å². The fourth-order valence-corrected chi connectivity index (χ4v) is 5.48. The zero-order valence-corrected chi connectivity index (χ0v) is 15.5. The Morgan fingerprint density at radius 2 is 1.88 bits per heavy atom. The Balaban J connectivity index is 1.47. The molecule has 1 aliphatic heterocycles. The molecule has 1 heterocycles. The number of hydrogen-bond acceptors (Lipinski definition) is 4. The summed E-state index contributed by atoms with van der Waals surface area (Å²) in [5, 5.41) is 13.9. The fourth-order valence-electron chi connectivity index (χ4n) is 3.32. The van der Waals surface area contributed by atoms with Gasteiger partial charge in [0.15, 0.2) is 0 Å². The number of nitrogens with zero attached hydrogens (tertiary/aromatic N) is 1. The van der Waals surface area contributed by atoms with Gasteiger partial charge in [0.1, 0.15) is 17.7 Å². The van der Waals surface area contributed by atoms with E-state index < -0.39 is 0 Å². The molecule has 0 radical (unpaired) electrons. The van der Waals surface area contributed by atoms with Gasteiger partial charge in [-0.2, -0.15) is 5.06 Å². The van der Waals surface area contributed by atoms with E-state index in [-0.39, 0.29) is 11.4 Å². The molecule has 1 fully saturated rings. The Labute approximate surface area is 159 Å². The number of hydrogen-bond donors (Lipinski definition) is 1. The Morgan fingerprint density at radius 1 is 1.12 bits per heavy atom. The molecule has 2 aromatic rings. The van der Waals surface area contributed by atoms with Crippen LogP contribution in [0.2, 0.25) is 15.1 Å². The number of halogens is 3. The highest BCUT2D eigenvalue weighted by Crippen LogP contribution is 2.50. The van der Waals surface area contributed by atoms with E-state index in [1.807, 2.05) is 18.2 Å². The molecule has 2 aliphatic rings. The van der Waals surface area contributed by atoms with Gasteiger partial charge >= 0.3 is 0 Å². The van der Waals surface area contributed by atoms with Crippen LogP contribution in [0.25, 0.3) is 0 Å². The molecule has 1 N–H and O–H groups in total. The van der Waals surface area contributed by atoms with E-state index in [1.165, 1.54) is 10.6 Å². The lowest BCUT2D eigenvalue weighted by molar-refractivity contribution is -0.133. The van der Waals surface area contributed by atoms with Gasteiger partial charge in [-0.05, 0) is 47.9 Å². The molecule has 0 aromatic heterocycles. The highest BCUT2D eigenvalue weighted by atomic mass is 35.5. The maximum Gasteiger partial charge on any atom is 0.138 e. The van der Waals surface area contributed by atoms with Crippen molar-refractivity contribution in [2.24, 2.45) is 0 Å². The maximum absolute atomic E-state index is 10.6. The predicted molar refractivity (Wildman–Crippen MR) is 98.6 cm³/mol. The molecule has 0 saturated carbocycles. The molecular weight excluding hydrogens is 389 g/mol. The lowest BCUT2D eigenvalue weighted by Crippen LogP contribution is -2.32. The van der Waals surface area contributed by atoms with E-state index in [2.05, 4.69) is 0 Å². The maximum atomic E-state index is 10.6. The average Bonchev–Trinajstić information content (AvgIpc) is 3.02. The van der Waals surface area contributed by atoms with E-state index in [1.54, 1.807) is 30.0 Å². The normalized spacial score (nSPS) is 25.6. The molecular formula is C17H14Cl3NO2S. The largest absolute Gasteiger partial charge is 0.489 e. The lowest BCUT2D eigenvalue weighted by Gasteiger charge is -2.23. The van der Waals surface area contributed by atoms with Crippen LogP contribution in [0.1, 0.15) is 17.2 Å². The highest BCUT2D eigenvalue weighted by Gasteiger charge is 2.47. The third kappa shape index (κ3) is 3.00. The first-order valence-electron chi connectivity index (χ1n) is 7.52. The molecule has 0 amide bonds. The van der Waals surface area contributed by atoms with Crippen LogP contribution < -0.4 is 4.74 Å². The molecule has 4 rings (SSSR count). The number of hydroxylamine groups is 2. The number of fused-ring (bicyclic) bond motifs is 3. The number of benzene rings is 2. The van der Waals surface area contributed by atoms with Crippen LogP contribution in [-0.2, 0) is 6.42 Å². The molecule has 3 atom stereocenters. The fraction of sp³-hybridized carbons (Fsp3) is 0.294. The van der Waals surface area contributed by atoms with Crippen LogP contribution >= 0.6 is 46.6 Å². The molecule has 126 valence electrons. The van der Waals surface area contributed by atoms with Crippen molar-refractivity contribution in [1.82, 2.24) is 5.06 Å². The van der Waals surface area contributed by atoms with Gasteiger partial charge in [-0.25, -0.2) is 0 Å². The summed E-state index contributed by atoms with van der Waals surface area (Å²) >= 11 is 19.8. The topological polar surface area (TPSA) is 32.7 Å². The summed E-state index contributed by atoms with van der Waals surface area (Å²) in [6.07, 6.45) is 0.903. The second-order valence-electron chi connectivity index (χ2n) is 5.89. The summed E-state index contributed by atoms with van der Waals surface area (Å²) in [6.45, 7) is 0.346. The van der Waals surface area contributed by atoms with Crippen LogP contribution in [0, 0.1) is 0 Å². The van der Waals surface area contributed by atoms with Crippen LogP contribution in [-0.4, -0.2) is 27.5 Å². The number of ether oxygens (including phenoxy) is 1. The zero-order chi connectivity index (χ0) is 16.8. The van der Waals surface area contributed by atoms with E-state index in [0.29, 0.717) is 27.7 Å². The van der Waals surface area contributed by atoms with Crippen LogP contribution in [0.15, 0.2) is 36.4 Å². The quantitative estimate of drug-likeness (QED) is 0.739. The smallest absolute Gasteiger partial charge is 0.138 e. The highest BCUT2D eigenvalue weighted by molar-refractivity contribution is 8.00. The monoisotopic (exact) mass is 401 g/mol. The molecule has 0 bridgehead atoms. The average molecular weight is 403 g/mol. The van der Waals surface area contributed by atoms with Crippen molar-refractivity contribution in [1.29, 1.82) is 0 Å². The second kappa shape index (κ2) is 6.60. The van der Waals surface area contributed by atoms with Gasteiger partial charge in [0.2, 0.25) is 0 Å². The minimum atomic E-state index is -0.143. The van der Waals surface area contributed by atoms with Gasteiger partial charge < -0.3 is 9.94 Å². The Hall–Kier alpha value is -0.620. The summed E-state index contributed by atoms with van der Waals surface area (Å²) < 4.78 is 5.78. The van der Waals surface area contributed by atoms with Gasteiger partial charge in [0.25, 0.3) is 0 Å². The Kier molecular flexibility index (Phi) is 4.63. The van der Waals surface area contributed by atoms with Gasteiger partial charge in [-0.3, -0.25) is 0 Å². The summed E-state index contributed by atoms with van der Waals surface area (Å²) in [5.41, 5.74) is 2.36. The standard InChI is InChI=1S/C17H14Cl3NO2S/c18-10-1-3-12-9(5-10)6-15-17(12)21(22)16(24-15)8-23-14-4-2-11(19)7-13(14)20/h1-5,7,15-17,22H,6,8H2. The number of thioether (sulfide) groups is 1.